The van der Waals surface area contributed by atoms with Crippen LogP contribution in [0.4, 0.5) is 0 Å². The monoisotopic (exact) mass is 293 g/mol. The third-order valence-corrected chi connectivity index (χ3v) is 5.88. The van der Waals surface area contributed by atoms with E-state index in [1.54, 1.807) is 11.3 Å². The maximum absolute atomic E-state index is 4.54. The van der Waals surface area contributed by atoms with Crippen LogP contribution < -0.4 is 5.32 Å². The van der Waals surface area contributed by atoms with Crippen molar-refractivity contribution in [2.45, 2.75) is 64.6 Å². The van der Waals surface area contributed by atoms with Crippen LogP contribution in [0.2, 0.25) is 0 Å². The summed E-state index contributed by atoms with van der Waals surface area (Å²) in [6.07, 6.45) is 7.08. The smallest absolute Gasteiger partial charge is 0.0897 e. The Labute approximate surface area is 126 Å². The fourth-order valence-electron chi connectivity index (χ4n) is 3.45. The largest absolute Gasteiger partial charge is 0.308 e. The summed E-state index contributed by atoms with van der Waals surface area (Å²) in [5.74, 6) is 0.809. The molecule has 2 aliphatic rings. The number of hydrogen-bond donors (Lipinski definition) is 1. The Kier molecular flexibility index (Phi) is 4.74. The summed E-state index contributed by atoms with van der Waals surface area (Å²) in [5, 5.41) is 7.04. The zero-order valence-corrected chi connectivity index (χ0v) is 13.6. The molecule has 0 aromatic carbocycles. The van der Waals surface area contributed by atoms with Gasteiger partial charge >= 0.3 is 0 Å². The maximum Gasteiger partial charge on any atom is 0.0897 e. The maximum atomic E-state index is 4.54. The Hall–Kier alpha value is -0.450. The van der Waals surface area contributed by atoms with Gasteiger partial charge in [-0.25, -0.2) is 4.98 Å². The number of piperidine rings is 1. The van der Waals surface area contributed by atoms with Gasteiger partial charge in [0.25, 0.3) is 0 Å². The Morgan fingerprint density at radius 2 is 2.25 bits per heavy atom. The number of rotatable bonds is 5. The SMILES string of the molecule is Cc1nc(CNC(C)C2CCCN(C3CCC3)C2)cs1. The minimum Gasteiger partial charge on any atom is -0.308 e. The third kappa shape index (κ3) is 3.41. The molecule has 1 aliphatic heterocycles. The fourth-order valence-corrected chi connectivity index (χ4v) is 4.07. The molecule has 1 aliphatic carbocycles. The molecule has 1 N–H and O–H groups in total. The van der Waals surface area contributed by atoms with Crippen LogP contribution in [0.5, 0.6) is 0 Å². The van der Waals surface area contributed by atoms with E-state index in [2.05, 4.69) is 34.4 Å². The highest BCUT2D eigenvalue weighted by atomic mass is 32.1. The van der Waals surface area contributed by atoms with Gasteiger partial charge in [-0.1, -0.05) is 6.42 Å². The highest BCUT2D eigenvalue weighted by Gasteiger charge is 2.31. The molecule has 1 saturated carbocycles. The molecule has 3 nitrogen and oxygen atoms in total. The third-order valence-electron chi connectivity index (χ3n) is 5.06. The lowest BCUT2D eigenvalue weighted by atomic mass is 9.85. The van der Waals surface area contributed by atoms with Crippen molar-refractivity contribution in [3.63, 3.8) is 0 Å². The molecule has 112 valence electrons. The molecule has 1 aromatic heterocycles. The second-order valence-electron chi connectivity index (χ2n) is 6.51. The van der Waals surface area contributed by atoms with Crippen LogP contribution in [0.1, 0.15) is 49.7 Å². The normalized spacial score (nSPS) is 26.4. The molecular weight excluding hydrogens is 266 g/mol. The lowest BCUT2D eigenvalue weighted by Gasteiger charge is -2.44. The first-order valence-electron chi connectivity index (χ1n) is 8.11. The summed E-state index contributed by atoms with van der Waals surface area (Å²) in [6.45, 7) is 7.99. The Bertz CT molecular complexity index is 427. The summed E-state index contributed by atoms with van der Waals surface area (Å²) in [4.78, 5) is 7.29. The van der Waals surface area contributed by atoms with Crippen molar-refractivity contribution < 1.29 is 0 Å². The molecule has 0 spiro atoms. The van der Waals surface area contributed by atoms with Crippen molar-refractivity contribution in [1.29, 1.82) is 0 Å². The first-order valence-corrected chi connectivity index (χ1v) is 8.99. The minimum absolute atomic E-state index is 0.597. The van der Waals surface area contributed by atoms with Crippen LogP contribution in [0.25, 0.3) is 0 Å². The van der Waals surface area contributed by atoms with E-state index in [-0.39, 0.29) is 0 Å². The molecule has 2 fully saturated rings. The van der Waals surface area contributed by atoms with E-state index in [0.29, 0.717) is 6.04 Å². The molecule has 3 rings (SSSR count). The van der Waals surface area contributed by atoms with Gasteiger partial charge in [-0.3, -0.25) is 0 Å². The lowest BCUT2D eigenvalue weighted by molar-refractivity contribution is 0.0665. The van der Waals surface area contributed by atoms with E-state index < -0.39 is 0 Å². The van der Waals surface area contributed by atoms with E-state index in [0.717, 1.165) is 18.5 Å². The first-order chi connectivity index (χ1) is 9.72. The fraction of sp³-hybridized carbons (Fsp3) is 0.812. The van der Waals surface area contributed by atoms with Gasteiger partial charge < -0.3 is 10.2 Å². The van der Waals surface area contributed by atoms with Crippen LogP contribution in [0, 0.1) is 12.8 Å². The van der Waals surface area contributed by atoms with Crippen molar-refractivity contribution in [1.82, 2.24) is 15.2 Å². The van der Waals surface area contributed by atoms with Gasteiger partial charge in [0.05, 0.1) is 10.7 Å². The van der Waals surface area contributed by atoms with Gasteiger partial charge in [0.15, 0.2) is 0 Å². The Morgan fingerprint density at radius 3 is 2.90 bits per heavy atom. The molecule has 2 unspecified atom stereocenters. The van der Waals surface area contributed by atoms with Gasteiger partial charge in [-0.05, 0) is 52.0 Å². The second-order valence-corrected chi connectivity index (χ2v) is 7.57. The number of aromatic nitrogens is 1. The average molecular weight is 293 g/mol. The molecular formula is C16H27N3S. The highest BCUT2D eigenvalue weighted by Crippen LogP contribution is 2.30. The van der Waals surface area contributed by atoms with Gasteiger partial charge in [0, 0.05) is 30.6 Å². The van der Waals surface area contributed by atoms with Gasteiger partial charge in [0.1, 0.15) is 0 Å². The second kappa shape index (κ2) is 6.54. The molecule has 2 heterocycles. The van der Waals surface area contributed by atoms with Crippen LogP contribution in [0.15, 0.2) is 5.38 Å². The Balaban J connectivity index is 1.47. The van der Waals surface area contributed by atoms with Crippen molar-refractivity contribution in [3.8, 4) is 0 Å². The molecule has 1 aromatic rings. The molecule has 4 heteroatoms. The number of aryl methyl sites for hydroxylation is 1. The van der Waals surface area contributed by atoms with Crippen LogP contribution >= 0.6 is 11.3 Å². The Morgan fingerprint density at radius 1 is 1.40 bits per heavy atom. The van der Waals surface area contributed by atoms with Gasteiger partial charge in [-0.15, -0.1) is 11.3 Å². The summed E-state index contributed by atoms with van der Waals surface area (Å²) in [7, 11) is 0. The van der Waals surface area contributed by atoms with Crippen molar-refractivity contribution in [2.24, 2.45) is 5.92 Å². The van der Waals surface area contributed by atoms with Crippen LogP contribution in [-0.4, -0.2) is 35.1 Å². The first kappa shape index (κ1) is 14.5. The summed E-state index contributed by atoms with van der Waals surface area (Å²) in [6, 6.07) is 1.51. The summed E-state index contributed by atoms with van der Waals surface area (Å²) in [5.41, 5.74) is 1.20. The summed E-state index contributed by atoms with van der Waals surface area (Å²) < 4.78 is 0. The van der Waals surface area contributed by atoms with E-state index in [1.807, 2.05) is 0 Å². The topological polar surface area (TPSA) is 28.2 Å². The van der Waals surface area contributed by atoms with E-state index in [9.17, 15) is 0 Å². The van der Waals surface area contributed by atoms with Crippen molar-refractivity contribution in [3.05, 3.63) is 16.1 Å². The predicted molar refractivity (Wildman–Crippen MR) is 85.1 cm³/mol. The van der Waals surface area contributed by atoms with Crippen molar-refractivity contribution in [2.75, 3.05) is 13.1 Å². The minimum atomic E-state index is 0.597. The standard InChI is InChI=1S/C16H27N3S/c1-12(17-9-15-11-20-13(2)18-15)14-5-4-8-19(10-14)16-6-3-7-16/h11-12,14,16-17H,3-10H2,1-2H3. The molecule has 0 bridgehead atoms. The lowest BCUT2D eigenvalue weighted by Crippen LogP contribution is -2.49. The van der Waals surface area contributed by atoms with Crippen LogP contribution in [-0.2, 0) is 6.54 Å². The van der Waals surface area contributed by atoms with E-state index in [1.165, 1.54) is 55.9 Å². The molecule has 0 amide bonds. The van der Waals surface area contributed by atoms with Gasteiger partial charge in [0.2, 0.25) is 0 Å². The number of thiazole rings is 1. The number of nitrogens with zero attached hydrogens (tertiary/aromatic N) is 2. The number of hydrogen-bond acceptors (Lipinski definition) is 4. The van der Waals surface area contributed by atoms with E-state index in [4.69, 9.17) is 0 Å². The molecule has 2 atom stereocenters. The zero-order chi connectivity index (χ0) is 13.9. The van der Waals surface area contributed by atoms with Crippen LogP contribution in [0.3, 0.4) is 0 Å². The summed E-state index contributed by atoms with van der Waals surface area (Å²) >= 11 is 1.75. The molecule has 0 radical (unpaired) electrons. The molecule has 20 heavy (non-hydrogen) atoms. The quantitative estimate of drug-likeness (QED) is 0.903. The van der Waals surface area contributed by atoms with Gasteiger partial charge in [-0.2, -0.15) is 0 Å². The molecule has 1 saturated heterocycles. The number of nitrogens with one attached hydrogen (secondary N) is 1. The highest BCUT2D eigenvalue weighted by molar-refractivity contribution is 7.09. The average Bonchev–Trinajstić information content (AvgIpc) is 2.80. The number of likely N-dealkylation sites (tertiary alicyclic amines) is 1. The predicted octanol–water partition coefficient (Wildman–Crippen LogP) is 3.19. The van der Waals surface area contributed by atoms with E-state index >= 15 is 0 Å². The van der Waals surface area contributed by atoms with Crippen molar-refractivity contribution >= 4 is 11.3 Å². The zero-order valence-electron chi connectivity index (χ0n) is 12.8.